The fraction of sp³-hybridized carbons (Fsp3) is 0.818. The first-order chi connectivity index (χ1) is 8.18. The Morgan fingerprint density at radius 3 is 2.59 bits per heavy atom. The Kier molecular flexibility index (Phi) is 6.57. The van der Waals surface area contributed by atoms with Gasteiger partial charge in [0.25, 0.3) is 0 Å². The summed E-state index contributed by atoms with van der Waals surface area (Å²) in [4.78, 5) is 23.7. The molecular weight excluding hydrogens is 224 g/mol. The summed E-state index contributed by atoms with van der Waals surface area (Å²) in [5.41, 5.74) is 0. The largest absolute Gasteiger partial charge is 0.480 e. The van der Waals surface area contributed by atoms with Crippen LogP contribution < -0.4 is 5.32 Å². The molecule has 0 aromatic heterocycles. The average molecular weight is 244 g/mol. The van der Waals surface area contributed by atoms with E-state index in [9.17, 15) is 9.59 Å². The summed E-state index contributed by atoms with van der Waals surface area (Å²) in [5.74, 6) is -1.32. The van der Waals surface area contributed by atoms with E-state index in [1.807, 2.05) is 0 Å². The van der Waals surface area contributed by atoms with Crippen LogP contribution in [-0.4, -0.2) is 61.3 Å². The van der Waals surface area contributed by atoms with Crippen LogP contribution in [0.1, 0.15) is 19.3 Å². The normalized spacial score (nSPS) is 16.0. The molecule has 0 spiro atoms. The zero-order chi connectivity index (χ0) is 12.5. The predicted molar refractivity (Wildman–Crippen MR) is 61.8 cm³/mol. The molecule has 0 unspecified atom stereocenters. The van der Waals surface area contributed by atoms with Crippen molar-refractivity contribution in [1.29, 1.82) is 0 Å². The number of rotatable bonds is 8. The maximum atomic E-state index is 11.2. The smallest absolute Gasteiger partial charge is 0.329 e. The maximum Gasteiger partial charge on any atom is 0.329 e. The molecule has 98 valence electrons. The summed E-state index contributed by atoms with van der Waals surface area (Å²) < 4.78 is 4.67. The first-order valence-corrected chi connectivity index (χ1v) is 5.97. The summed E-state index contributed by atoms with van der Waals surface area (Å²) in [6, 6.07) is 0. The van der Waals surface area contributed by atoms with Crippen molar-refractivity contribution < 1.29 is 19.4 Å². The minimum Gasteiger partial charge on any atom is -0.480 e. The van der Waals surface area contributed by atoms with Crippen LogP contribution in [0, 0.1) is 0 Å². The van der Waals surface area contributed by atoms with Crippen LogP contribution >= 0.6 is 0 Å². The number of carboxylic acid groups (broad SMARTS) is 1. The van der Waals surface area contributed by atoms with Crippen molar-refractivity contribution in [3.8, 4) is 0 Å². The summed E-state index contributed by atoms with van der Waals surface area (Å²) in [6.45, 7) is 3.34. The second-order valence-corrected chi connectivity index (χ2v) is 4.14. The summed E-state index contributed by atoms with van der Waals surface area (Å²) in [6.07, 6.45) is 3.47. The number of likely N-dealkylation sites (tertiary alicyclic amines) is 1. The van der Waals surface area contributed by atoms with Crippen LogP contribution in [0.2, 0.25) is 0 Å². The first-order valence-electron chi connectivity index (χ1n) is 5.97. The molecular formula is C11H20N2O4. The Balaban J connectivity index is 1.90. The summed E-state index contributed by atoms with van der Waals surface area (Å²) in [7, 11) is 0. The molecule has 17 heavy (non-hydrogen) atoms. The van der Waals surface area contributed by atoms with E-state index in [4.69, 9.17) is 5.11 Å². The molecule has 6 heteroatoms. The summed E-state index contributed by atoms with van der Waals surface area (Å²) >= 11 is 0. The highest BCUT2D eigenvalue weighted by molar-refractivity contribution is 5.77. The fourth-order valence-electron chi connectivity index (χ4n) is 1.82. The second-order valence-electron chi connectivity index (χ2n) is 4.14. The van der Waals surface area contributed by atoms with E-state index >= 15 is 0 Å². The van der Waals surface area contributed by atoms with E-state index < -0.39 is 12.6 Å². The van der Waals surface area contributed by atoms with Crippen molar-refractivity contribution in [2.45, 2.75) is 19.3 Å². The SMILES string of the molecule is O=C(O)COCC(=O)NCCCN1CCCC1. The van der Waals surface area contributed by atoms with Crippen molar-refractivity contribution in [2.24, 2.45) is 0 Å². The molecule has 2 N–H and O–H groups in total. The minimum atomic E-state index is -1.06. The fourth-order valence-corrected chi connectivity index (χ4v) is 1.82. The average Bonchev–Trinajstić information content (AvgIpc) is 2.76. The van der Waals surface area contributed by atoms with E-state index in [0.29, 0.717) is 6.54 Å². The van der Waals surface area contributed by atoms with Crippen LogP contribution in [0.4, 0.5) is 0 Å². The molecule has 0 radical (unpaired) electrons. The Morgan fingerprint density at radius 1 is 1.24 bits per heavy atom. The van der Waals surface area contributed by atoms with Crippen LogP contribution in [0.3, 0.4) is 0 Å². The Morgan fingerprint density at radius 2 is 1.94 bits per heavy atom. The maximum absolute atomic E-state index is 11.2. The van der Waals surface area contributed by atoms with E-state index in [1.54, 1.807) is 0 Å². The molecule has 0 atom stereocenters. The third-order valence-corrected chi connectivity index (χ3v) is 2.63. The molecule has 1 fully saturated rings. The standard InChI is InChI=1S/C11H20N2O4/c14-10(8-17-9-11(15)16)12-4-3-7-13-5-1-2-6-13/h1-9H2,(H,12,14)(H,15,16). The van der Waals surface area contributed by atoms with Crippen molar-refractivity contribution >= 4 is 11.9 Å². The number of nitrogens with zero attached hydrogens (tertiary/aromatic N) is 1. The van der Waals surface area contributed by atoms with Crippen LogP contribution in [0.15, 0.2) is 0 Å². The second kappa shape index (κ2) is 8.03. The molecule has 0 bridgehead atoms. The number of ether oxygens (including phenoxy) is 1. The van der Waals surface area contributed by atoms with Crippen molar-refractivity contribution in [3.05, 3.63) is 0 Å². The van der Waals surface area contributed by atoms with Crippen LogP contribution in [-0.2, 0) is 14.3 Å². The van der Waals surface area contributed by atoms with Crippen molar-refractivity contribution in [3.63, 3.8) is 0 Å². The highest BCUT2D eigenvalue weighted by Crippen LogP contribution is 2.06. The van der Waals surface area contributed by atoms with E-state index in [0.717, 1.165) is 26.1 Å². The van der Waals surface area contributed by atoms with Gasteiger partial charge in [0.15, 0.2) is 0 Å². The third-order valence-electron chi connectivity index (χ3n) is 2.63. The Hall–Kier alpha value is -1.14. The topological polar surface area (TPSA) is 78.9 Å². The van der Waals surface area contributed by atoms with Crippen molar-refractivity contribution in [1.82, 2.24) is 10.2 Å². The number of carboxylic acids is 1. The van der Waals surface area contributed by atoms with Crippen LogP contribution in [0.25, 0.3) is 0 Å². The van der Waals surface area contributed by atoms with Gasteiger partial charge in [0.1, 0.15) is 13.2 Å². The van der Waals surface area contributed by atoms with Gasteiger partial charge in [-0.05, 0) is 38.9 Å². The van der Waals surface area contributed by atoms with Crippen LogP contribution in [0.5, 0.6) is 0 Å². The number of hydrogen-bond donors (Lipinski definition) is 2. The zero-order valence-corrected chi connectivity index (χ0v) is 9.98. The van der Waals surface area contributed by atoms with E-state index in [2.05, 4.69) is 15.0 Å². The minimum absolute atomic E-state index is 0.185. The van der Waals surface area contributed by atoms with Gasteiger partial charge in [-0.15, -0.1) is 0 Å². The van der Waals surface area contributed by atoms with Gasteiger partial charge in [-0.2, -0.15) is 0 Å². The van der Waals surface area contributed by atoms with Gasteiger partial charge in [0.2, 0.25) is 5.91 Å². The zero-order valence-electron chi connectivity index (χ0n) is 9.98. The first kappa shape index (κ1) is 13.9. The van der Waals surface area contributed by atoms with Gasteiger partial charge in [-0.1, -0.05) is 0 Å². The molecule has 1 aliphatic rings. The lowest BCUT2D eigenvalue weighted by atomic mass is 10.4. The highest BCUT2D eigenvalue weighted by Gasteiger charge is 2.10. The summed E-state index contributed by atoms with van der Waals surface area (Å²) in [5, 5.41) is 11.0. The van der Waals surface area contributed by atoms with Crippen molar-refractivity contribution in [2.75, 3.05) is 39.4 Å². The lowest BCUT2D eigenvalue weighted by Crippen LogP contribution is -2.31. The Bertz CT molecular complexity index is 252. The molecule has 6 nitrogen and oxygen atoms in total. The monoisotopic (exact) mass is 244 g/mol. The lowest BCUT2D eigenvalue weighted by molar-refractivity contribution is -0.143. The molecule has 0 aromatic rings. The van der Waals surface area contributed by atoms with E-state index in [-0.39, 0.29) is 12.5 Å². The number of carbonyl (C=O) groups excluding carboxylic acids is 1. The number of hydrogen-bond acceptors (Lipinski definition) is 4. The highest BCUT2D eigenvalue weighted by atomic mass is 16.5. The number of aliphatic carboxylic acids is 1. The van der Waals surface area contributed by atoms with Gasteiger partial charge in [0.05, 0.1) is 0 Å². The molecule has 1 aliphatic heterocycles. The number of carbonyl (C=O) groups is 2. The molecule has 1 saturated heterocycles. The Labute approximate surface area is 101 Å². The third kappa shape index (κ3) is 6.91. The molecule has 0 aliphatic carbocycles. The van der Waals surface area contributed by atoms with E-state index in [1.165, 1.54) is 12.8 Å². The molecule has 0 saturated carbocycles. The molecule has 0 aromatic carbocycles. The van der Waals surface area contributed by atoms with Gasteiger partial charge in [-0.3, -0.25) is 4.79 Å². The predicted octanol–water partition coefficient (Wildman–Crippen LogP) is -0.310. The van der Waals surface area contributed by atoms with Gasteiger partial charge in [-0.25, -0.2) is 4.79 Å². The quantitative estimate of drug-likeness (QED) is 0.573. The molecule has 1 rings (SSSR count). The van der Waals surface area contributed by atoms with Gasteiger partial charge < -0.3 is 20.1 Å². The molecule has 1 amide bonds. The van der Waals surface area contributed by atoms with Gasteiger partial charge >= 0.3 is 5.97 Å². The molecule has 1 heterocycles. The van der Waals surface area contributed by atoms with Gasteiger partial charge in [0, 0.05) is 6.54 Å². The number of nitrogens with one attached hydrogen (secondary N) is 1. The number of amides is 1. The lowest BCUT2D eigenvalue weighted by Gasteiger charge is -2.14.